The third-order valence-corrected chi connectivity index (χ3v) is 5.46. The summed E-state index contributed by atoms with van der Waals surface area (Å²) in [6.45, 7) is 11.4. The zero-order valence-corrected chi connectivity index (χ0v) is 15.1. The van der Waals surface area contributed by atoms with Gasteiger partial charge in [0.15, 0.2) is 0 Å². The Bertz CT molecular complexity index is 533. The molecule has 0 radical (unpaired) electrons. The van der Waals surface area contributed by atoms with E-state index in [2.05, 4.69) is 29.2 Å². The van der Waals surface area contributed by atoms with E-state index >= 15 is 0 Å². The van der Waals surface area contributed by atoms with Gasteiger partial charge in [-0.3, -0.25) is 9.48 Å². The van der Waals surface area contributed by atoms with Crippen LogP contribution in [0.1, 0.15) is 49.6 Å². The van der Waals surface area contributed by atoms with Crippen LogP contribution in [0.4, 0.5) is 0 Å². The van der Waals surface area contributed by atoms with Gasteiger partial charge in [-0.05, 0) is 50.9 Å². The molecule has 0 saturated carbocycles. The molecule has 6 nitrogen and oxygen atoms in total. The highest BCUT2D eigenvalue weighted by molar-refractivity contribution is 5.92. The average Bonchev–Trinajstić information content (AvgIpc) is 3.29. The van der Waals surface area contributed by atoms with E-state index in [1.165, 1.54) is 6.42 Å². The molecule has 2 unspecified atom stereocenters. The molecule has 6 heteroatoms. The molecular formula is C18H31N5O. The molecule has 2 aliphatic heterocycles. The number of aromatic nitrogens is 2. The third-order valence-electron chi connectivity index (χ3n) is 5.46. The number of hydrogen-bond donors (Lipinski definition) is 1. The molecule has 2 fully saturated rings. The quantitative estimate of drug-likeness (QED) is 0.859. The summed E-state index contributed by atoms with van der Waals surface area (Å²) < 4.78 is 1.98. The Kier molecular flexibility index (Phi) is 5.89. The first kappa shape index (κ1) is 17.4. The Hall–Kier alpha value is -1.40. The molecule has 3 rings (SSSR count). The lowest BCUT2D eigenvalue weighted by atomic mass is 10.1. The van der Waals surface area contributed by atoms with Crippen molar-refractivity contribution in [3.63, 3.8) is 0 Å². The number of piperidine rings is 1. The second-order valence-corrected chi connectivity index (χ2v) is 7.07. The molecule has 0 aromatic carbocycles. The predicted octanol–water partition coefficient (Wildman–Crippen LogP) is 1.61. The first-order valence-corrected chi connectivity index (χ1v) is 9.48. The number of hydrogen-bond acceptors (Lipinski definition) is 4. The first-order chi connectivity index (χ1) is 11.7. The predicted molar refractivity (Wildman–Crippen MR) is 95.2 cm³/mol. The van der Waals surface area contributed by atoms with Crippen LogP contribution in [0, 0.1) is 5.92 Å². The van der Waals surface area contributed by atoms with Crippen LogP contribution >= 0.6 is 0 Å². The Morgan fingerprint density at radius 3 is 2.92 bits per heavy atom. The molecule has 0 bridgehead atoms. The number of amides is 1. The summed E-state index contributed by atoms with van der Waals surface area (Å²) in [7, 11) is 0. The van der Waals surface area contributed by atoms with E-state index in [0.717, 1.165) is 58.7 Å². The van der Waals surface area contributed by atoms with Gasteiger partial charge in [-0.25, -0.2) is 0 Å². The standard InChI is InChI=1S/C18H31N5O/c1-3-21(4-2)13-15-7-10-22(14-15)18(24)17-8-11-23(20-17)16-6-5-9-19-12-16/h8,11,15-16,19H,3-7,9-10,12-14H2,1-2H3. The fourth-order valence-electron chi connectivity index (χ4n) is 3.89. The second kappa shape index (κ2) is 8.12. The van der Waals surface area contributed by atoms with E-state index in [1.807, 2.05) is 21.8 Å². The topological polar surface area (TPSA) is 53.4 Å². The Morgan fingerprint density at radius 2 is 2.21 bits per heavy atom. The molecule has 2 aliphatic rings. The minimum Gasteiger partial charge on any atom is -0.337 e. The summed E-state index contributed by atoms with van der Waals surface area (Å²) in [6.07, 6.45) is 5.38. The van der Waals surface area contributed by atoms with Crippen molar-refractivity contribution in [2.75, 3.05) is 45.8 Å². The van der Waals surface area contributed by atoms with Gasteiger partial charge in [0.25, 0.3) is 5.91 Å². The average molecular weight is 333 g/mol. The van der Waals surface area contributed by atoms with E-state index in [0.29, 0.717) is 17.7 Å². The van der Waals surface area contributed by atoms with Gasteiger partial charge < -0.3 is 15.1 Å². The van der Waals surface area contributed by atoms with Crippen LogP contribution in [0.3, 0.4) is 0 Å². The summed E-state index contributed by atoms with van der Waals surface area (Å²) in [5.41, 5.74) is 0.601. The molecule has 24 heavy (non-hydrogen) atoms. The number of carbonyl (C=O) groups excluding carboxylic acids is 1. The highest BCUT2D eigenvalue weighted by atomic mass is 16.2. The molecule has 0 aliphatic carbocycles. The fraction of sp³-hybridized carbons (Fsp3) is 0.778. The van der Waals surface area contributed by atoms with Crippen molar-refractivity contribution in [3.8, 4) is 0 Å². The maximum Gasteiger partial charge on any atom is 0.274 e. The minimum absolute atomic E-state index is 0.0968. The summed E-state index contributed by atoms with van der Waals surface area (Å²) in [5.74, 6) is 0.693. The molecule has 134 valence electrons. The number of rotatable bonds is 6. The van der Waals surface area contributed by atoms with Crippen molar-refractivity contribution in [1.82, 2.24) is 24.9 Å². The Balaban J connectivity index is 1.56. The molecule has 3 heterocycles. The van der Waals surface area contributed by atoms with Crippen LogP contribution in [-0.4, -0.2) is 71.3 Å². The van der Waals surface area contributed by atoms with Crippen molar-refractivity contribution in [2.24, 2.45) is 5.92 Å². The second-order valence-electron chi connectivity index (χ2n) is 7.07. The first-order valence-electron chi connectivity index (χ1n) is 9.48. The fourth-order valence-corrected chi connectivity index (χ4v) is 3.89. The summed E-state index contributed by atoms with van der Waals surface area (Å²) >= 11 is 0. The largest absolute Gasteiger partial charge is 0.337 e. The Labute approximate surface area is 145 Å². The van der Waals surface area contributed by atoms with Crippen LogP contribution in [0.25, 0.3) is 0 Å². The van der Waals surface area contributed by atoms with Crippen LogP contribution in [0.2, 0.25) is 0 Å². The smallest absolute Gasteiger partial charge is 0.274 e. The van der Waals surface area contributed by atoms with Crippen LogP contribution in [-0.2, 0) is 0 Å². The molecule has 0 spiro atoms. The molecule has 1 aromatic rings. The summed E-state index contributed by atoms with van der Waals surface area (Å²) in [5, 5.41) is 7.97. The minimum atomic E-state index is 0.0968. The normalized spacial score (nSPS) is 24.7. The van der Waals surface area contributed by atoms with Crippen molar-refractivity contribution in [2.45, 2.75) is 39.2 Å². The highest BCUT2D eigenvalue weighted by Crippen LogP contribution is 2.21. The number of likely N-dealkylation sites (tertiary alicyclic amines) is 1. The van der Waals surface area contributed by atoms with Crippen molar-refractivity contribution in [3.05, 3.63) is 18.0 Å². The van der Waals surface area contributed by atoms with E-state index < -0.39 is 0 Å². The van der Waals surface area contributed by atoms with Gasteiger partial charge in [0, 0.05) is 32.4 Å². The summed E-state index contributed by atoms with van der Waals surface area (Å²) in [4.78, 5) is 17.2. The van der Waals surface area contributed by atoms with Gasteiger partial charge in [-0.15, -0.1) is 0 Å². The van der Waals surface area contributed by atoms with Crippen molar-refractivity contribution >= 4 is 5.91 Å². The zero-order valence-electron chi connectivity index (χ0n) is 15.1. The van der Waals surface area contributed by atoms with Gasteiger partial charge in [-0.1, -0.05) is 13.8 Å². The zero-order chi connectivity index (χ0) is 16.9. The van der Waals surface area contributed by atoms with Crippen molar-refractivity contribution in [1.29, 1.82) is 0 Å². The third kappa shape index (κ3) is 3.98. The van der Waals surface area contributed by atoms with E-state index in [1.54, 1.807) is 0 Å². The molecule has 1 aromatic heterocycles. The van der Waals surface area contributed by atoms with E-state index in [9.17, 15) is 4.79 Å². The van der Waals surface area contributed by atoms with Crippen molar-refractivity contribution < 1.29 is 4.79 Å². The lowest BCUT2D eigenvalue weighted by Crippen LogP contribution is -2.34. The highest BCUT2D eigenvalue weighted by Gasteiger charge is 2.29. The molecule has 1 amide bonds. The van der Waals surface area contributed by atoms with Crippen LogP contribution < -0.4 is 5.32 Å². The SMILES string of the molecule is CCN(CC)CC1CCN(C(=O)c2ccn(C3CCCNC3)n2)C1. The molecular weight excluding hydrogens is 302 g/mol. The number of nitrogens with one attached hydrogen (secondary N) is 1. The van der Waals surface area contributed by atoms with Gasteiger partial charge in [-0.2, -0.15) is 5.10 Å². The number of nitrogens with zero attached hydrogens (tertiary/aromatic N) is 4. The van der Waals surface area contributed by atoms with Gasteiger partial charge in [0.1, 0.15) is 5.69 Å². The molecule has 1 N–H and O–H groups in total. The number of carbonyl (C=O) groups is 1. The Morgan fingerprint density at radius 1 is 1.38 bits per heavy atom. The molecule has 2 atom stereocenters. The van der Waals surface area contributed by atoms with E-state index in [4.69, 9.17) is 0 Å². The monoisotopic (exact) mass is 333 g/mol. The van der Waals surface area contributed by atoms with Crippen LogP contribution in [0.15, 0.2) is 12.3 Å². The van der Waals surface area contributed by atoms with Gasteiger partial charge in [0.2, 0.25) is 0 Å². The maximum absolute atomic E-state index is 12.7. The van der Waals surface area contributed by atoms with Gasteiger partial charge >= 0.3 is 0 Å². The lowest BCUT2D eigenvalue weighted by molar-refractivity contribution is 0.0776. The molecule has 2 saturated heterocycles. The maximum atomic E-state index is 12.7. The van der Waals surface area contributed by atoms with E-state index in [-0.39, 0.29) is 5.91 Å². The summed E-state index contributed by atoms with van der Waals surface area (Å²) in [6, 6.07) is 2.27. The van der Waals surface area contributed by atoms with Crippen LogP contribution in [0.5, 0.6) is 0 Å². The van der Waals surface area contributed by atoms with Gasteiger partial charge in [0.05, 0.1) is 6.04 Å². The lowest BCUT2D eigenvalue weighted by Gasteiger charge is -2.23.